The lowest BCUT2D eigenvalue weighted by atomic mass is 10.1. The minimum absolute atomic E-state index is 0.293. The summed E-state index contributed by atoms with van der Waals surface area (Å²) in [6, 6.07) is 9.65. The summed E-state index contributed by atoms with van der Waals surface area (Å²) in [6.45, 7) is 1.67. The van der Waals surface area contributed by atoms with Crippen LogP contribution in [0.15, 0.2) is 42.6 Å². The Kier molecular flexibility index (Phi) is 5.61. The lowest BCUT2D eigenvalue weighted by Crippen LogP contribution is -2.12. The molecule has 0 aliphatic carbocycles. The number of hydrogen-bond acceptors (Lipinski definition) is 6. The van der Waals surface area contributed by atoms with Gasteiger partial charge in [-0.25, -0.2) is 19.3 Å². The Morgan fingerprint density at radius 1 is 1.15 bits per heavy atom. The minimum Gasteiger partial charge on any atom is -0.383 e. The number of pyridine rings is 1. The van der Waals surface area contributed by atoms with Crippen LogP contribution in [0.1, 0.15) is 24.0 Å². The van der Waals surface area contributed by atoms with E-state index >= 15 is 0 Å². The molecule has 0 unspecified atom stereocenters. The molecule has 0 spiro atoms. The van der Waals surface area contributed by atoms with Gasteiger partial charge in [-0.05, 0) is 36.8 Å². The molecule has 3 aromatic rings. The molecule has 0 saturated heterocycles. The summed E-state index contributed by atoms with van der Waals surface area (Å²) in [4.78, 5) is 13.1. The number of rotatable bonds is 6. The molecule has 0 fully saturated rings. The van der Waals surface area contributed by atoms with Crippen molar-refractivity contribution in [3.8, 4) is 0 Å². The number of anilines is 3. The molecule has 0 aliphatic heterocycles. The molecule has 3 N–H and O–H groups in total. The predicted molar refractivity (Wildman–Crippen MR) is 106 cm³/mol. The van der Waals surface area contributed by atoms with E-state index in [-0.39, 0.29) is 5.82 Å². The van der Waals surface area contributed by atoms with Crippen molar-refractivity contribution in [3.05, 3.63) is 70.6 Å². The third kappa shape index (κ3) is 4.57. The zero-order valence-electron chi connectivity index (χ0n) is 14.8. The van der Waals surface area contributed by atoms with E-state index in [9.17, 15) is 4.39 Å². The SMILES string of the molecule is CNc1c(Nc2ccc(Cl)nc2)nc(Cc2ccc(F)cc2)nc1C(C)=N. The van der Waals surface area contributed by atoms with Crippen molar-refractivity contribution >= 4 is 34.5 Å². The first kappa shape index (κ1) is 18.7. The van der Waals surface area contributed by atoms with Gasteiger partial charge in [0.05, 0.1) is 17.6 Å². The predicted octanol–water partition coefficient (Wildman–Crippen LogP) is 4.43. The van der Waals surface area contributed by atoms with E-state index in [1.165, 1.54) is 12.1 Å². The van der Waals surface area contributed by atoms with Crippen LogP contribution in [0, 0.1) is 11.2 Å². The van der Waals surface area contributed by atoms with E-state index in [0.717, 1.165) is 5.56 Å². The standard InChI is InChI=1S/C19H18ClFN6/c1-11(22)17-18(23-2)19(25-14-7-8-15(20)24-10-14)27-16(26-17)9-12-3-5-13(21)6-4-12/h3-8,10,22-23H,9H2,1-2H3,(H,25,26,27). The van der Waals surface area contributed by atoms with Gasteiger partial charge in [-0.1, -0.05) is 23.7 Å². The van der Waals surface area contributed by atoms with E-state index in [0.29, 0.717) is 46.0 Å². The third-order valence-corrected chi connectivity index (χ3v) is 4.05. The monoisotopic (exact) mass is 384 g/mol. The summed E-state index contributed by atoms with van der Waals surface area (Å²) in [7, 11) is 1.75. The smallest absolute Gasteiger partial charge is 0.158 e. The molecule has 2 heterocycles. The number of hydrogen-bond donors (Lipinski definition) is 3. The Balaban J connectivity index is 2.01. The average molecular weight is 385 g/mol. The molecule has 6 nitrogen and oxygen atoms in total. The van der Waals surface area contributed by atoms with Gasteiger partial charge in [-0.2, -0.15) is 0 Å². The summed E-state index contributed by atoms with van der Waals surface area (Å²) >= 11 is 5.83. The van der Waals surface area contributed by atoms with E-state index in [4.69, 9.17) is 17.0 Å². The molecule has 0 radical (unpaired) electrons. The first-order valence-corrected chi connectivity index (χ1v) is 8.61. The summed E-state index contributed by atoms with van der Waals surface area (Å²) in [5.74, 6) is 0.751. The van der Waals surface area contributed by atoms with Crippen LogP contribution in [0.25, 0.3) is 0 Å². The largest absolute Gasteiger partial charge is 0.383 e. The fourth-order valence-electron chi connectivity index (χ4n) is 2.56. The van der Waals surface area contributed by atoms with Gasteiger partial charge in [0, 0.05) is 13.5 Å². The zero-order chi connectivity index (χ0) is 19.4. The lowest BCUT2D eigenvalue weighted by Gasteiger charge is -2.16. The molecule has 27 heavy (non-hydrogen) atoms. The van der Waals surface area contributed by atoms with E-state index in [1.807, 2.05) is 0 Å². The van der Waals surface area contributed by atoms with Crippen molar-refractivity contribution in [2.75, 3.05) is 17.7 Å². The molecule has 1 aromatic carbocycles. The molecule has 0 bridgehead atoms. The highest BCUT2D eigenvalue weighted by Gasteiger charge is 2.16. The second kappa shape index (κ2) is 8.09. The van der Waals surface area contributed by atoms with Crippen LogP contribution in [0.5, 0.6) is 0 Å². The first-order chi connectivity index (χ1) is 13.0. The van der Waals surface area contributed by atoms with Crippen molar-refractivity contribution < 1.29 is 4.39 Å². The van der Waals surface area contributed by atoms with E-state index < -0.39 is 0 Å². The maximum absolute atomic E-state index is 13.1. The molecular formula is C19H18ClFN6. The Bertz CT molecular complexity index is 957. The zero-order valence-corrected chi connectivity index (χ0v) is 15.6. The summed E-state index contributed by atoms with van der Waals surface area (Å²) < 4.78 is 13.1. The van der Waals surface area contributed by atoms with Gasteiger partial charge in [-0.3, -0.25) is 0 Å². The van der Waals surface area contributed by atoms with Gasteiger partial charge >= 0.3 is 0 Å². The number of nitrogens with one attached hydrogen (secondary N) is 3. The maximum atomic E-state index is 13.1. The van der Waals surface area contributed by atoms with Crippen molar-refractivity contribution in [1.82, 2.24) is 15.0 Å². The highest BCUT2D eigenvalue weighted by atomic mass is 35.5. The Morgan fingerprint density at radius 3 is 2.48 bits per heavy atom. The van der Waals surface area contributed by atoms with Crippen LogP contribution >= 0.6 is 11.6 Å². The van der Waals surface area contributed by atoms with Crippen molar-refractivity contribution in [2.24, 2.45) is 0 Å². The van der Waals surface area contributed by atoms with Crippen LogP contribution in [-0.2, 0) is 6.42 Å². The Morgan fingerprint density at radius 2 is 1.89 bits per heavy atom. The highest BCUT2D eigenvalue weighted by molar-refractivity contribution is 6.29. The van der Waals surface area contributed by atoms with Crippen LogP contribution in [0.4, 0.5) is 21.6 Å². The van der Waals surface area contributed by atoms with Gasteiger partial charge in [0.1, 0.15) is 28.2 Å². The molecule has 0 saturated carbocycles. The fourth-order valence-corrected chi connectivity index (χ4v) is 2.67. The number of benzene rings is 1. The number of aromatic nitrogens is 3. The Labute approximate surface area is 161 Å². The summed E-state index contributed by atoms with van der Waals surface area (Å²) in [5, 5.41) is 14.7. The molecular weight excluding hydrogens is 367 g/mol. The average Bonchev–Trinajstić information content (AvgIpc) is 2.65. The van der Waals surface area contributed by atoms with Crippen molar-refractivity contribution in [3.63, 3.8) is 0 Å². The summed E-state index contributed by atoms with van der Waals surface area (Å²) in [6.07, 6.45) is 2.01. The maximum Gasteiger partial charge on any atom is 0.158 e. The molecule has 0 amide bonds. The normalized spacial score (nSPS) is 10.5. The van der Waals surface area contributed by atoms with E-state index in [1.54, 1.807) is 44.4 Å². The highest BCUT2D eigenvalue weighted by Crippen LogP contribution is 2.27. The Hall–Kier alpha value is -3.06. The molecule has 8 heteroatoms. The van der Waals surface area contributed by atoms with Crippen molar-refractivity contribution in [2.45, 2.75) is 13.3 Å². The topological polar surface area (TPSA) is 86.6 Å². The lowest BCUT2D eigenvalue weighted by molar-refractivity contribution is 0.627. The third-order valence-electron chi connectivity index (χ3n) is 3.83. The molecule has 0 atom stereocenters. The molecule has 138 valence electrons. The molecule has 3 rings (SSSR count). The van der Waals surface area contributed by atoms with Gasteiger partial charge in [0.25, 0.3) is 0 Å². The van der Waals surface area contributed by atoms with Gasteiger partial charge in [-0.15, -0.1) is 0 Å². The van der Waals surface area contributed by atoms with Crippen LogP contribution in [0.2, 0.25) is 5.15 Å². The second-order valence-electron chi connectivity index (χ2n) is 5.88. The minimum atomic E-state index is -0.293. The first-order valence-electron chi connectivity index (χ1n) is 8.23. The number of nitrogens with zero attached hydrogens (tertiary/aromatic N) is 3. The van der Waals surface area contributed by atoms with Gasteiger partial charge < -0.3 is 16.0 Å². The molecule has 0 aliphatic rings. The second-order valence-corrected chi connectivity index (χ2v) is 6.27. The molecule has 2 aromatic heterocycles. The van der Waals surface area contributed by atoms with Crippen molar-refractivity contribution in [1.29, 1.82) is 5.41 Å². The van der Waals surface area contributed by atoms with Gasteiger partial charge in [0.2, 0.25) is 0 Å². The van der Waals surface area contributed by atoms with Crippen LogP contribution in [0.3, 0.4) is 0 Å². The fraction of sp³-hybridized carbons (Fsp3) is 0.158. The number of halogens is 2. The van der Waals surface area contributed by atoms with Crippen LogP contribution in [-0.4, -0.2) is 27.7 Å². The summed E-state index contributed by atoms with van der Waals surface area (Å²) in [5.41, 5.74) is 2.99. The quantitative estimate of drug-likeness (QED) is 0.432. The van der Waals surface area contributed by atoms with Crippen LogP contribution < -0.4 is 10.6 Å². The van der Waals surface area contributed by atoms with E-state index in [2.05, 4.69) is 25.6 Å². The van der Waals surface area contributed by atoms with Gasteiger partial charge in [0.15, 0.2) is 5.82 Å².